The summed E-state index contributed by atoms with van der Waals surface area (Å²) in [5, 5.41) is 8.72. The normalized spacial score (nSPS) is 29.8. The summed E-state index contributed by atoms with van der Waals surface area (Å²) in [5.41, 5.74) is 0. The third-order valence-electron chi connectivity index (χ3n) is 4.38. The molecule has 0 aromatic carbocycles. The first kappa shape index (κ1) is 13.8. The third-order valence-corrected chi connectivity index (χ3v) is 4.38. The predicted octanol–water partition coefficient (Wildman–Crippen LogP) is 1.42. The Morgan fingerprint density at radius 1 is 1.28 bits per heavy atom. The van der Waals surface area contributed by atoms with Gasteiger partial charge in [0.05, 0.1) is 19.3 Å². The molecule has 0 bridgehead atoms. The maximum atomic E-state index is 12.4. The summed E-state index contributed by atoms with van der Waals surface area (Å²) >= 11 is 0. The van der Waals surface area contributed by atoms with Gasteiger partial charge >= 0.3 is 0 Å². The van der Waals surface area contributed by atoms with Crippen molar-refractivity contribution in [1.82, 2.24) is 4.90 Å². The fraction of sp³-hybridized carbons (Fsp3) is 0.929. The molecular weight excluding hydrogens is 230 g/mol. The number of rotatable bonds is 4. The van der Waals surface area contributed by atoms with Crippen molar-refractivity contribution in [2.24, 2.45) is 11.8 Å². The van der Waals surface area contributed by atoms with Gasteiger partial charge in [-0.2, -0.15) is 0 Å². The second-order valence-corrected chi connectivity index (χ2v) is 5.63. The van der Waals surface area contributed by atoms with Crippen molar-refractivity contribution >= 4 is 5.91 Å². The van der Waals surface area contributed by atoms with Crippen LogP contribution in [0.15, 0.2) is 0 Å². The summed E-state index contributed by atoms with van der Waals surface area (Å²) in [7, 11) is 0. The fourth-order valence-corrected chi connectivity index (χ4v) is 3.21. The van der Waals surface area contributed by atoms with E-state index in [0.29, 0.717) is 18.4 Å². The number of piperidine rings is 1. The molecule has 1 saturated heterocycles. The number of ether oxygens (including phenoxy) is 1. The van der Waals surface area contributed by atoms with Crippen molar-refractivity contribution in [2.75, 3.05) is 26.3 Å². The van der Waals surface area contributed by atoms with Gasteiger partial charge in [-0.3, -0.25) is 4.79 Å². The topological polar surface area (TPSA) is 49.8 Å². The quantitative estimate of drug-likeness (QED) is 0.826. The molecule has 1 aliphatic heterocycles. The molecule has 1 aliphatic carbocycles. The van der Waals surface area contributed by atoms with Crippen molar-refractivity contribution in [3.05, 3.63) is 0 Å². The van der Waals surface area contributed by atoms with E-state index < -0.39 is 0 Å². The lowest BCUT2D eigenvalue weighted by Crippen LogP contribution is -2.44. The number of hydrogen-bond donors (Lipinski definition) is 1. The minimum Gasteiger partial charge on any atom is -0.394 e. The summed E-state index contributed by atoms with van der Waals surface area (Å²) < 4.78 is 5.52. The van der Waals surface area contributed by atoms with Crippen molar-refractivity contribution in [2.45, 2.75) is 45.1 Å². The van der Waals surface area contributed by atoms with Crippen LogP contribution < -0.4 is 0 Å². The number of hydrogen-bond acceptors (Lipinski definition) is 3. The zero-order chi connectivity index (χ0) is 13.0. The zero-order valence-electron chi connectivity index (χ0n) is 11.3. The SMILES string of the molecule is CC1CCCC1C(=O)N1CCC(OCCO)CC1. The first-order chi connectivity index (χ1) is 8.72. The summed E-state index contributed by atoms with van der Waals surface area (Å²) in [6, 6.07) is 0. The molecule has 0 aromatic rings. The number of likely N-dealkylation sites (tertiary alicyclic amines) is 1. The highest BCUT2D eigenvalue weighted by Crippen LogP contribution is 2.33. The molecule has 1 N–H and O–H groups in total. The van der Waals surface area contributed by atoms with Crippen LogP contribution >= 0.6 is 0 Å². The Balaban J connectivity index is 1.77. The summed E-state index contributed by atoms with van der Waals surface area (Å²) in [6.07, 6.45) is 5.52. The van der Waals surface area contributed by atoms with E-state index >= 15 is 0 Å². The lowest BCUT2D eigenvalue weighted by molar-refractivity contribution is -0.139. The molecule has 0 spiro atoms. The number of nitrogens with zero attached hydrogens (tertiary/aromatic N) is 1. The largest absolute Gasteiger partial charge is 0.394 e. The molecule has 4 nitrogen and oxygen atoms in total. The number of amides is 1. The predicted molar refractivity (Wildman–Crippen MR) is 69.1 cm³/mol. The van der Waals surface area contributed by atoms with Gasteiger partial charge in [-0.1, -0.05) is 13.3 Å². The number of carbonyl (C=O) groups excluding carboxylic acids is 1. The first-order valence-electron chi connectivity index (χ1n) is 7.23. The van der Waals surface area contributed by atoms with Crippen LogP contribution in [0.1, 0.15) is 39.0 Å². The van der Waals surface area contributed by atoms with Crippen LogP contribution in [0.5, 0.6) is 0 Å². The highest BCUT2D eigenvalue weighted by molar-refractivity contribution is 5.79. The lowest BCUT2D eigenvalue weighted by atomic mass is 9.95. The number of carbonyl (C=O) groups is 1. The van der Waals surface area contributed by atoms with Gasteiger partial charge < -0.3 is 14.7 Å². The van der Waals surface area contributed by atoms with Crippen molar-refractivity contribution in [1.29, 1.82) is 0 Å². The third kappa shape index (κ3) is 3.23. The van der Waals surface area contributed by atoms with Crippen LogP contribution in [-0.4, -0.2) is 48.3 Å². The summed E-state index contributed by atoms with van der Waals surface area (Å²) in [4.78, 5) is 14.4. The van der Waals surface area contributed by atoms with Gasteiger partial charge in [-0.05, 0) is 31.6 Å². The average Bonchev–Trinajstić information content (AvgIpc) is 2.82. The molecule has 1 amide bonds. The molecule has 2 fully saturated rings. The molecule has 2 rings (SSSR count). The van der Waals surface area contributed by atoms with Gasteiger partial charge in [-0.25, -0.2) is 0 Å². The minimum atomic E-state index is 0.0821. The molecule has 4 heteroatoms. The van der Waals surface area contributed by atoms with E-state index in [0.717, 1.165) is 32.4 Å². The van der Waals surface area contributed by atoms with E-state index in [9.17, 15) is 4.79 Å². The molecule has 2 aliphatic rings. The lowest BCUT2D eigenvalue weighted by Gasteiger charge is -2.34. The monoisotopic (exact) mass is 255 g/mol. The Hall–Kier alpha value is -0.610. The van der Waals surface area contributed by atoms with Crippen LogP contribution in [0.2, 0.25) is 0 Å². The number of aliphatic hydroxyl groups excluding tert-OH is 1. The number of aliphatic hydroxyl groups is 1. The smallest absolute Gasteiger partial charge is 0.225 e. The highest BCUT2D eigenvalue weighted by atomic mass is 16.5. The van der Waals surface area contributed by atoms with E-state index in [2.05, 4.69) is 6.92 Å². The van der Waals surface area contributed by atoms with Crippen molar-refractivity contribution < 1.29 is 14.6 Å². The van der Waals surface area contributed by atoms with Crippen LogP contribution in [0.3, 0.4) is 0 Å². The van der Waals surface area contributed by atoms with Gasteiger partial charge in [0.25, 0.3) is 0 Å². The molecule has 0 radical (unpaired) electrons. The van der Waals surface area contributed by atoms with Crippen LogP contribution in [0.25, 0.3) is 0 Å². The second-order valence-electron chi connectivity index (χ2n) is 5.63. The summed E-state index contributed by atoms with van der Waals surface area (Å²) in [6.45, 7) is 4.33. The Morgan fingerprint density at radius 2 is 2.00 bits per heavy atom. The van der Waals surface area contributed by atoms with E-state index in [1.165, 1.54) is 12.8 Å². The van der Waals surface area contributed by atoms with Gasteiger partial charge in [0.1, 0.15) is 0 Å². The van der Waals surface area contributed by atoms with Crippen molar-refractivity contribution in [3.63, 3.8) is 0 Å². The van der Waals surface area contributed by atoms with Gasteiger partial charge in [0.2, 0.25) is 5.91 Å². The van der Waals surface area contributed by atoms with E-state index in [1.54, 1.807) is 0 Å². The fourth-order valence-electron chi connectivity index (χ4n) is 3.21. The average molecular weight is 255 g/mol. The maximum absolute atomic E-state index is 12.4. The van der Waals surface area contributed by atoms with E-state index in [1.807, 2.05) is 4.90 Å². The van der Waals surface area contributed by atoms with Gasteiger partial charge in [0.15, 0.2) is 0 Å². The zero-order valence-corrected chi connectivity index (χ0v) is 11.3. The Labute approximate surface area is 109 Å². The Bertz CT molecular complexity index is 274. The van der Waals surface area contributed by atoms with Crippen LogP contribution in [0, 0.1) is 11.8 Å². The molecule has 2 atom stereocenters. The highest BCUT2D eigenvalue weighted by Gasteiger charge is 2.34. The summed E-state index contributed by atoms with van der Waals surface area (Å²) in [5.74, 6) is 1.18. The van der Waals surface area contributed by atoms with Gasteiger partial charge in [-0.15, -0.1) is 0 Å². The molecule has 104 valence electrons. The molecule has 1 heterocycles. The molecule has 0 aromatic heterocycles. The Kier molecular flexibility index (Phi) is 5.01. The minimum absolute atomic E-state index is 0.0821. The maximum Gasteiger partial charge on any atom is 0.225 e. The van der Waals surface area contributed by atoms with E-state index in [4.69, 9.17) is 9.84 Å². The molecular formula is C14H25NO3. The molecule has 18 heavy (non-hydrogen) atoms. The van der Waals surface area contributed by atoms with Crippen LogP contribution in [-0.2, 0) is 9.53 Å². The molecule has 2 unspecified atom stereocenters. The molecule has 1 saturated carbocycles. The first-order valence-corrected chi connectivity index (χ1v) is 7.23. The van der Waals surface area contributed by atoms with Gasteiger partial charge in [0, 0.05) is 19.0 Å². The standard InChI is InChI=1S/C14H25NO3/c1-11-3-2-4-13(11)14(17)15-7-5-12(6-8-15)18-10-9-16/h11-13,16H,2-10H2,1H3. The van der Waals surface area contributed by atoms with Crippen LogP contribution in [0.4, 0.5) is 0 Å². The van der Waals surface area contributed by atoms with Crippen molar-refractivity contribution in [3.8, 4) is 0 Å². The Morgan fingerprint density at radius 3 is 2.56 bits per heavy atom. The van der Waals surface area contributed by atoms with E-state index in [-0.39, 0.29) is 18.6 Å². The second kappa shape index (κ2) is 6.53.